The van der Waals surface area contributed by atoms with Gasteiger partial charge in [-0.15, -0.1) is 11.3 Å². The summed E-state index contributed by atoms with van der Waals surface area (Å²) in [6.07, 6.45) is 5.13. The molecule has 0 unspecified atom stereocenters. The lowest BCUT2D eigenvalue weighted by atomic mass is 10.1. The molecule has 0 aliphatic carbocycles. The summed E-state index contributed by atoms with van der Waals surface area (Å²) >= 11 is 1.45. The lowest BCUT2D eigenvalue weighted by Gasteiger charge is -2.22. The molecule has 0 fully saturated rings. The van der Waals surface area contributed by atoms with Gasteiger partial charge in [-0.3, -0.25) is 14.0 Å². The summed E-state index contributed by atoms with van der Waals surface area (Å²) in [4.78, 5) is 33.9. The molecule has 0 radical (unpaired) electrons. The van der Waals surface area contributed by atoms with Crippen molar-refractivity contribution in [3.63, 3.8) is 0 Å². The van der Waals surface area contributed by atoms with Gasteiger partial charge in [0.1, 0.15) is 11.4 Å². The summed E-state index contributed by atoms with van der Waals surface area (Å²) < 4.78 is 14.9. The second-order valence-corrected chi connectivity index (χ2v) is 8.76. The predicted octanol–water partition coefficient (Wildman–Crippen LogP) is 4.58. The number of carbonyl (C=O) groups is 1. The highest BCUT2D eigenvalue weighted by Gasteiger charge is 2.21. The van der Waals surface area contributed by atoms with E-state index in [1.807, 2.05) is 43.3 Å². The number of amides is 1. The van der Waals surface area contributed by atoms with Crippen LogP contribution in [0.3, 0.4) is 0 Å². The zero-order valence-corrected chi connectivity index (χ0v) is 18.6. The fourth-order valence-electron chi connectivity index (χ4n) is 3.67. The minimum atomic E-state index is -0.359. The van der Waals surface area contributed by atoms with Gasteiger partial charge in [0.15, 0.2) is 4.96 Å². The van der Waals surface area contributed by atoms with Gasteiger partial charge in [-0.25, -0.2) is 9.37 Å². The Morgan fingerprint density at radius 3 is 2.62 bits per heavy atom. The molecule has 164 valence electrons. The normalized spacial score (nSPS) is 11.1. The molecule has 0 bridgehead atoms. The number of halogens is 1. The third-order valence-corrected chi connectivity index (χ3v) is 6.24. The Kier molecular flexibility index (Phi) is 6.75. The first kappa shape index (κ1) is 21.9. The molecule has 4 rings (SSSR count). The van der Waals surface area contributed by atoms with E-state index >= 15 is 0 Å². The van der Waals surface area contributed by atoms with Crippen molar-refractivity contribution in [2.45, 2.75) is 26.2 Å². The van der Waals surface area contributed by atoms with Gasteiger partial charge >= 0.3 is 0 Å². The molecule has 7 heteroatoms. The van der Waals surface area contributed by atoms with Crippen LogP contribution >= 0.6 is 11.3 Å². The van der Waals surface area contributed by atoms with Crippen LogP contribution in [0.4, 0.5) is 4.39 Å². The number of benzene rings is 2. The zero-order chi connectivity index (χ0) is 22.5. The molecule has 2 aromatic carbocycles. The van der Waals surface area contributed by atoms with Crippen molar-refractivity contribution in [1.82, 2.24) is 14.3 Å². The second kappa shape index (κ2) is 9.87. The van der Waals surface area contributed by atoms with Crippen molar-refractivity contribution in [3.05, 3.63) is 105 Å². The fraction of sp³-hybridized carbons (Fsp3) is 0.240. The van der Waals surface area contributed by atoms with Crippen LogP contribution in [0.15, 0.2) is 71.8 Å². The van der Waals surface area contributed by atoms with E-state index in [9.17, 15) is 14.0 Å². The molecule has 2 aromatic heterocycles. The molecule has 0 saturated heterocycles. The van der Waals surface area contributed by atoms with Gasteiger partial charge in [0.2, 0.25) is 0 Å². The van der Waals surface area contributed by atoms with E-state index < -0.39 is 0 Å². The van der Waals surface area contributed by atoms with Gasteiger partial charge in [-0.1, -0.05) is 49.4 Å². The highest BCUT2D eigenvalue weighted by Crippen LogP contribution is 2.19. The molecule has 5 nitrogen and oxygen atoms in total. The Morgan fingerprint density at radius 1 is 1.09 bits per heavy atom. The van der Waals surface area contributed by atoms with Crippen LogP contribution in [0.1, 0.15) is 39.7 Å². The Bertz CT molecular complexity index is 1280. The van der Waals surface area contributed by atoms with Crippen LogP contribution in [0, 0.1) is 5.82 Å². The molecular formula is C25H24FN3O2S. The minimum Gasteiger partial charge on any atom is -0.338 e. The average Bonchev–Trinajstić information content (AvgIpc) is 3.21. The number of thiazole rings is 1. The molecule has 2 heterocycles. The summed E-state index contributed by atoms with van der Waals surface area (Å²) in [7, 11) is 0. The summed E-state index contributed by atoms with van der Waals surface area (Å²) in [5.74, 6) is -0.640. The first-order chi connectivity index (χ1) is 15.5. The molecule has 0 saturated carbocycles. The Labute approximate surface area is 189 Å². The van der Waals surface area contributed by atoms with E-state index in [4.69, 9.17) is 0 Å². The smallest absolute Gasteiger partial charge is 0.271 e. The number of hydrogen-bond acceptors (Lipinski definition) is 4. The SMILES string of the molecule is CCCN(CCc1cccc(F)c1)C(=O)c1cnc2sc(Cc3ccccc3)cn2c1=O. The number of aromatic nitrogens is 2. The summed E-state index contributed by atoms with van der Waals surface area (Å²) in [6.45, 7) is 2.89. The third kappa shape index (κ3) is 4.94. The van der Waals surface area contributed by atoms with Crippen molar-refractivity contribution in [3.8, 4) is 0 Å². The molecule has 1 amide bonds. The molecule has 0 atom stereocenters. The van der Waals surface area contributed by atoms with Crippen molar-refractivity contribution >= 4 is 22.2 Å². The van der Waals surface area contributed by atoms with Crippen LogP contribution in [-0.2, 0) is 12.8 Å². The van der Waals surface area contributed by atoms with Crippen LogP contribution in [0.5, 0.6) is 0 Å². The third-order valence-electron chi connectivity index (χ3n) is 5.25. The van der Waals surface area contributed by atoms with Crippen molar-refractivity contribution in [2.24, 2.45) is 0 Å². The van der Waals surface area contributed by atoms with Crippen LogP contribution in [0.2, 0.25) is 0 Å². The van der Waals surface area contributed by atoms with Gasteiger partial charge in [-0.05, 0) is 36.1 Å². The van der Waals surface area contributed by atoms with E-state index in [1.165, 1.54) is 34.1 Å². The predicted molar refractivity (Wildman–Crippen MR) is 125 cm³/mol. The van der Waals surface area contributed by atoms with Crippen molar-refractivity contribution in [1.29, 1.82) is 0 Å². The number of fused-ring (bicyclic) bond motifs is 1. The molecule has 0 spiro atoms. The van der Waals surface area contributed by atoms with Crippen LogP contribution in [0.25, 0.3) is 4.96 Å². The zero-order valence-electron chi connectivity index (χ0n) is 17.8. The van der Waals surface area contributed by atoms with Crippen LogP contribution < -0.4 is 5.56 Å². The Morgan fingerprint density at radius 2 is 1.88 bits per heavy atom. The van der Waals surface area contributed by atoms with Gasteiger partial charge in [0.25, 0.3) is 11.5 Å². The highest BCUT2D eigenvalue weighted by molar-refractivity contribution is 7.17. The van der Waals surface area contributed by atoms with Crippen molar-refractivity contribution < 1.29 is 9.18 Å². The maximum Gasteiger partial charge on any atom is 0.271 e. The van der Waals surface area contributed by atoms with E-state index in [0.29, 0.717) is 30.9 Å². The summed E-state index contributed by atoms with van der Waals surface area (Å²) in [5, 5.41) is 0. The number of carbonyl (C=O) groups excluding carboxylic acids is 1. The second-order valence-electron chi connectivity index (χ2n) is 7.66. The van der Waals surface area contributed by atoms with Crippen molar-refractivity contribution in [2.75, 3.05) is 13.1 Å². The fourth-order valence-corrected chi connectivity index (χ4v) is 4.64. The molecule has 0 aliphatic rings. The first-order valence-electron chi connectivity index (χ1n) is 10.6. The van der Waals surface area contributed by atoms with Gasteiger partial charge in [-0.2, -0.15) is 0 Å². The molecule has 0 aliphatic heterocycles. The Balaban J connectivity index is 1.56. The topological polar surface area (TPSA) is 54.7 Å². The quantitative estimate of drug-likeness (QED) is 0.396. The van der Waals surface area contributed by atoms with E-state index in [1.54, 1.807) is 17.2 Å². The average molecular weight is 450 g/mol. The minimum absolute atomic E-state index is 0.0549. The molecule has 0 N–H and O–H groups in total. The lowest BCUT2D eigenvalue weighted by Crippen LogP contribution is -2.37. The highest BCUT2D eigenvalue weighted by atomic mass is 32.1. The van der Waals surface area contributed by atoms with Gasteiger partial charge in [0.05, 0.1) is 0 Å². The largest absolute Gasteiger partial charge is 0.338 e. The maximum atomic E-state index is 13.5. The Hall–Kier alpha value is -3.32. The van der Waals surface area contributed by atoms with E-state index in [2.05, 4.69) is 4.98 Å². The number of nitrogens with zero attached hydrogens (tertiary/aromatic N) is 3. The monoisotopic (exact) mass is 449 g/mol. The van der Waals surface area contributed by atoms with E-state index in [-0.39, 0.29) is 22.8 Å². The standard InChI is InChI=1S/C25H24FN3O2S/c1-2-12-28(13-11-19-9-6-10-20(26)14-19)23(30)22-16-27-25-29(24(22)31)17-21(32-25)15-18-7-4-3-5-8-18/h3-10,14,16-17H,2,11-13,15H2,1H3. The first-order valence-corrected chi connectivity index (χ1v) is 11.4. The van der Waals surface area contributed by atoms with Crippen LogP contribution in [-0.4, -0.2) is 33.3 Å². The maximum absolute atomic E-state index is 13.5. The van der Waals surface area contributed by atoms with Gasteiger partial charge in [0, 0.05) is 36.8 Å². The molecular weight excluding hydrogens is 425 g/mol. The van der Waals surface area contributed by atoms with E-state index in [0.717, 1.165) is 22.4 Å². The number of hydrogen-bond donors (Lipinski definition) is 0. The lowest BCUT2D eigenvalue weighted by molar-refractivity contribution is 0.0755. The van der Waals surface area contributed by atoms with Gasteiger partial charge < -0.3 is 4.90 Å². The number of rotatable bonds is 8. The molecule has 4 aromatic rings. The molecule has 32 heavy (non-hydrogen) atoms. The summed E-state index contributed by atoms with van der Waals surface area (Å²) in [6, 6.07) is 16.4. The summed E-state index contributed by atoms with van der Waals surface area (Å²) in [5.41, 5.74) is 1.66.